The van der Waals surface area contributed by atoms with Crippen LogP contribution in [0.3, 0.4) is 0 Å². The second-order valence-corrected chi connectivity index (χ2v) is 3.20. The van der Waals surface area contributed by atoms with Crippen LogP contribution in [0.2, 0.25) is 0 Å². The van der Waals surface area contributed by atoms with Crippen LogP contribution in [0.5, 0.6) is 0 Å². The third kappa shape index (κ3) is 5.94. The average molecular weight is 239 g/mol. The largest absolute Gasteiger partial charge is 0.385 e. The van der Waals surface area contributed by atoms with E-state index in [-0.39, 0.29) is 24.4 Å². The molecule has 0 radical (unpaired) electrons. The van der Waals surface area contributed by atoms with E-state index in [0.29, 0.717) is 26.3 Å². The Morgan fingerprint density at radius 3 is 3.07 bits per heavy atom. The lowest BCUT2D eigenvalue weighted by Gasteiger charge is -2.22. The van der Waals surface area contributed by atoms with Gasteiger partial charge in [-0.15, -0.1) is 12.4 Å². The number of nitrogens with one attached hydrogen (secondary N) is 2. The molecule has 1 saturated heterocycles. The SMILES string of the molecule is COCCCNC(=O)C1CNCCO1.Cl. The van der Waals surface area contributed by atoms with Gasteiger partial charge in [-0.1, -0.05) is 0 Å². The third-order valence-corrected chi connectivity index (χ3v) is 2.04. The van der Waals surface area contributed by atoms with E-state index in [1.54, 1.807) is 7.11 Å². The van der Waals surface area contributed by atoms with Gasteiger partial charge in [0.1, 0.15) is 6.10 Å². The van der Waals surface area contributed by atoms with Gasteiger partial charge in [-0.2, -0.15) is 0 Å². The van der Waals surface area contributed by atoms with Crippen LogP contribution in [0.1, 0.15) is 6.42 Å². The number of hydrogen-bond donors (Lipinski definition) is 2. The van der Waals surface area contributed by atoms with E-state index in [9.17, 15) is 4.79 Å². The van der Waals surface area contributed by atoms with E-state index in [2.05, 4.69) is 10.6 Å². The zero-order valence-electron chi connectivity index (χ0n) is 8.95. The molecule has 1 unspecified atom stereocenters. The fourth-order valence-corrected chi connectivity index (χ4v) is 1.28. The summed E-state index contributed by atoms with van der Waals surface area (Å²) in [5, 5.41) is 5.91. The standard InChI is InChI=1S/C9H18N2O3.ClH/c1-13-5-2-3-11-9(12)8-7-10-4-6-14-8;/h8,10H,2-7H2,1H3,(H,11,12);1H. The number of amides is 1. The zero-order chi connectivity index (χ0) is 10.2. The smallest absolute Gasteiger partial charge is 0.250 e. The highest BCUT2D eigenvalue weighted by Crippen LogP contribution is 1.95. The lowest BCUT2D eigenvalue weighted by Crippen LogP contribution is -2.48. The molecule has 0 aromatic rings. The fraction of sp³-hybridized carbons (Fsp3) is 0.889. The van der Waals surface area contributed by atoms with Gasteiger partial charge in [-0.05, 0) is 6.42 Å². The predicted molar refractivity (Wildman–Crippen MR) is 59.4 cm³/mol. The number of rotatable bonds is 5. The molecule has 1 aliphatic heterocycles. The van der Waals surface area contributed by atoms with Crippen LogP contribution in [0, 0.1) is 0 Å². The third-order valence-electron chi connectivity index (χ3n) is 2.04. The molecular weight excluding hydrogens is 220 g/mol. The fourth-order valence-electron chi connectivity index (χ4n) is 1.28. The Morgan fingerprint density at radius 2 is 2.47 bits per heavy atom. The Balaban J connectivity index is 0.00000196. The minimum atomic E-state index is -0.328. The minimum Gasteiger partial charge on any atom is -0.385 e. The molecule has 5 nitrogen and oxygen atoms in total. The maximum Gasteiger partial charge on any atom is 0.250 e. The van der Waals surface area contributed by atoms with E-state index >= 15 is 0 Å². The van der Waals surface area contributed by atoms with Gasteiger partial charge in [0.05, 0.1) is 6.61 Å². The molecule has 1 fully saturated rings. The van der Waals surface area contributed by atoms with E-state index in [1.165, 1.54) is 0 Å². The highest BCUT2D eigenvalue weighted by atomic mass is 35.5. The Morgan fingerprint density at radius 1 is 1.67 bits per heavy atom. The predicted octanol–water partition coefficient (Wildman–Crippen LogP) is -0.451. The minimum absolute atomic E-state index is 0. The molecule has 0 spiro atoms. The molecule has 0 saturated carbocycles. The van der Waals surface area contributed by atoms with Gasteiger partial charge in [0.15, 0.2) is 0 Å². The van der Waals surface area contributed by atoms with Gasteiger partial charge < -0.3 is 20.1 Å². The molecule has 1 atom stereocenters. The molecule has 0 aromatic heterocycles. The van der Waals surface area contributed by atoms with Crippen molar-refractivity contribution in [3.8, 4) is 0 Å². The van der Waals surface area contributed by atoms with Crippen molar-refractivity contribution in [1.29, 1.82) is 0 Å². The summed E-state index contributed by atoms with van der Waals surface area (Å²) in [5.74, 6) is -0.0340. The molecule has 6 heteroatoms. The molecule has 1 heterocycles. The number of methoxy groups -OCH3 is 1. The van der Waals surface area contributed by atoms with Gasteiger partial charge in [0.25, 0.3) is 0 Å². The van der Waals surface area contributed by atoms with E-state index in [1.807, 2.05) is 0 Å². The van der Waals surface area contributed by atoms with Gasteiger partial charge in [0.2, 0.25) is 5.91 Å². The molecular formula is C9H19ClN2O3. The second-order valence-electron chi connectivity index (χ2n) is 3.20. The Kier molecular flexibility index (Phi) is 8.70. The lowest BCUT2D eigenvalue weighted by atomic mass is 10.3. The first-order chi connectivity index (χ1) is 6.84. The van der Waals surface area contributed by atoms with Gasteiger partial charge in [0, 0.05) is 33.4 Å². The number of ether oxygens (including phenoxy) is 2. The normalized spacial score (nSPS) is 20.5. The van der Waals surface area contributed by atoms with Gasteiger partial charge >= 0.3 is 0 Å². The van der Waals surface area contributed by atoms with Crippen LogP contribution in [0.25, 0.3) is 0 Å². The highest BCUT2D eigenvalue weighted by molar-refractivity contribution is 5.85. The molecule has 2 N–H and O–H groups in total. The number of carbonyl (C=O) groups excluding carboxylic acids is 1. The molecule has 90 valence electrons. The summed E-state index contributed by atoms with van der Waals surface area (Å²) in [6.07, 6.45) is 0.508. The molecule has 0 aliphatic carbocycles. The van der Waals surface area contributed by atoms with Crippen molar-refractivity contribution in [3.05, 3.63) is 0 Å². The first-order valence-electron chi connectivity index (χ1n) is 4.93. The Labute approximate surface area is 96.3 Å². The van der Waals surface area contributed by atoms with Crippen LogP contribution in [-0.4, -0.2) is 52.0 Å². The summed E-state index contributed by atoms with van der Waals surface area (Å²) >= 11 is 0. The van der Waals surface area contributed by atoms with Crippen LogP contribution in [0.4, 0.5) is 0 Å². The first-order valence-corrected chi connectivity index (χ1v) is 4.93. The second kappa shape index (κ2) is 8.91. The summed E-state index contributed by atoms with van der Waals surface area (Å²) in [4.78, 5) is 11.4. The summed E-state index contributed by atoms with van der Waals surface area (Å²) < 4.78 is 10.2. The molecule has 0 bridgehead atoms. The van der Waals surface area contributed by atoms with Crippen molar-refractivity contribution in [2.24, 2.45) is 0 Å². The van der Waals surface area contributed by atoms with E-state index in [4.69, 9.17) is 9.47 Å². The van der Waals surface area contributed by atoms with Crippen LogP contribution in [-0.2, 0) is 14.3 Å². The topological polar surface area (TPSA) is 59.6 Å². The quantitative estimate of drug-likeness (QED) is 0.637. The van der Waals surface area contributed by atoms with Crippen molar-refractivity contribution < 1.29 is 14.3 Å². The van der Waals surface area contributed by atoms with Crippen LogP contribution in [0.15, 0.2) is 0 Å². The van der Waals surface area contributed by atoms with Crippen molar-refractivity contribution in [1.82, 2.24) is 10.6 Å². The highest BCUT2D eigenvalue weighted by Gasteiger charge is 2.20. The van der Waals surface area contributed by atoms with Crippen molar-refractivity contribution in [3.63, 3.8) is 0 Å². The molecule has 1 aliphatic rings. The maximum atomic E-state index is 11.4. The number of carbonyl (C=O) groups is 1. The van der Waals surface area contributed by atoms with Gasteiger partial charge in [-0.25, -0.2) is 0 Å². The zero-order valence-corrected chi connectivity index (χ0v) is 9.77. The van der Waals surface area contributed by atoms with E-state index < -0.39 is 0 Å². The molecule has 1 rings (SSSR count). The van der Waals surface area contributed by atoms with Crippen LogP contribution >= 0.6 is 12.4 Å². The average Bonchev–Trinajstić information content (AvgIpc) is 2.25. The molecule has 15 heavy (non-hydrogen) atoms. The monoisotopic (exact) mass is 238 g/mol. The van der Waals surface area contributed by atoms with Crippen molar-refractivity contribution in [2.45, 2.75) is 12.5 Å². The maximum absolute atomic E-state index is 11.4. The number of morpholine rings is 1. The molecule has 0 aromatic carbocycles. The lowest BCUT2D eigenvalue weighted by molar-refractivity contribution is -0.134. The summed E-state index contributed by atoms with van der Waals surface area (Å²) in [6, 6.07) is 0. The van der Waals surface area contributed by atoms with Crippen molar-refractivity contribution in [2.75, 3.05) is 40.0 Å². The van der Waals surface area contributed by atoms with E-state index in [0.717, 1.165) is 13.0 Å². The van der Waals surface area contributed by atoms with Crippen molar-refractivity contribution >= 4 is 18.3 Å². The summed E-state index contributed by atoms with van der Waals surface area (Å²) in [5.41, 5.74) is 0. The van der Waals surface area contributed by atoms with Crippen LogP contribution < -0.4 is 10.6 Å². The molecule has 1 amide bonds. The summed E-state index contributed by atoms with van der Waals surface area (Å²) in [7, 11) is 1.65. The summed E-state index contributed by atoms with van der Waals surface area (Å²) in [6.45, 7) is 3.36. The Bertz CT molecular complexity index is 175. The van der Waals surface area contributed by atoms with Gasteiger partial charge in [-0.3, -0.25) is 4.79 Å². The first kappa shape index (κ1) is 14.6. The number of halogens is 1. The Hall–Kier alpha value is -0.360. The number of hydrogen-bond acceptors (Lipinski definition) is 4.